The molecule has 1 rings (SSSR count). The fourth-order valence-electron chi connectivity index (χ4n) is 2.33. The van der Waals surface area contributed by atoms with Crippen LogP contribution in [0.25, 0.3) is 0 Å². The summed E-state index contributed by atoms with van der Waals surface area (Å²) in [6, 6.07) is -0.170. The van der Waals surface area contributed by atoms with E-state index in [-0.39, 0.29) is 11.9 Å². The molecule has 0 radical (unpaired) electrons. The van der Waals surface area contributed by atoms with Crippen molar-refractivity contribution in [1.29, 1.82) is 0 Å². The first-order chi connectivity index (χ1) is 7.54. The maximum atomic E-state index is 11.2. The Kier molecular flexibility index (Phi) is 5.22. The van der Waals surface area contributed by atoms with Crippen LogP contribution in [0.3, 0.4) is 0 Å². The molecule has 0 saturated carbocycles. The molecule has 16 heavy (non-hydrogen) atoms. The van der Waals surface area contributed by atoms with Crippen LogP contribution < -0.4 is 11.1 Å². The van der Waals surface area contributed by atoms with Gasteiger partial charge >= 0.3 is 0 Å². The normalized spacial score (nSPS) is 28.2. The summed E-state index contributed by atoms with van der Waals surface area (Å²) in [5.74, 6) is 1.31. The van der Waals surface area contributed by atoms with Gasteiger partial charge in [0.25, 0.3) is 0 Å². The minimum atomic E-state index is -0.234. The number of carbonyl (C=O) groups excluding carboxylic acids is 1. The van der Waals surface area contributed by atoms with E-state index in [1.165, 1.54) is 0 Å². The van der Waals surface area contributed by atoms with Crippen molar-refractivity contribution in [3.05, 3.63) is 0 Å². The Balaban J connectivity index is 2.30. The highest BCUT2D eigenvalue weighted by atomic mass is 16.1. The summed E-state index contributed by atoms with van der Waals surface area (Å²) in [6.07, 6.45) is 0.822. The lowest BCUT2D eigenvalue weighted by Crippen LogP contribution is -2.43. The first-order valence-electron chi connectivity index (χ1n) is 6.29. The molecule has 3 unspecified atom stereocenters. The van der Waals surface area contributed by atoms with Crippen LogP contribution in [0.4, 0.5) is 0 Å². The van der Waals surface area contributed by atoms with Crippen molar-refractivity contribution < 1.29 is 4.79 Å². The smallest absolute Gasteiger partial charge is 0.234 e. The van der Waals surface area contributed by atoms with Crippen molar-refractivity contribution in [2.24, 2.45) is 17.6 Å². The third-order valence-corrected chi connectivity index (χ3v) is 3.59. The molecule has 0 aromatic carbocycles. The number of amides is 1. The lowest BCUT2D eigenvalue weighted by Gasteiger charge is -2.19. The fourth-order valence-corrected chi connectivity index (χ4v) is 2.33. The number of rotatable bonds is 6. The van der Waals surface area contributed by atoms with E-state index in [1.807, 2.05) is 6.92 Å². The molecule has 1 fully saturated rings. The average Bonchev–Trinajstić information content (AvgIpc) is 2.53. The molecule has 1 aliphatic heterocycles. The van der Waals surface area contributed by atoms with E-state index in [4.69, 9.17) is 5.73 Å². The number of hydrogen-bond donors (Lipinski definition) is 2. The molecule has 1 amide bonds. The number of nitrogens with zero attached hydrogens (tertiary/aromatic N) is 1. The summed E-state index contributed by atoms with van der Waals surface area (Å²) >= 11 is 0. The Labute approximate surface area is 98.6 Å². The van der Waals surface area contributed by atoms with Gasteiger partial charge in [0.15, 0.2) is 0 Å². The van der Waals surface area contributed by atoms with Gasteiger partial charge in [-0.25, -0.2) is 0 Å². The van der Waals surface area contributed by atoms with Gasteiger partial charge in [-0.1, -0.05) is 20.8 Å². The van der Waals surface area contributed by atoms with Gasteiger partial charge in [0.2, 0.25) is 5.91 Å². The molecule has 0 aliphatic carbocycles. The van der Waals surface area contributed by atoms with E-state index in [9.17, 15) is 4.79 Å². The second-order valence-corrected chi connectivity index (χ2v) is 5.02. The van der Waals surface area contributed by atoms with Crippen LogP contribution in [0.15, 0.2) is 0 Å². The lowest BCUT2D eigenvalue weighted by atomic mass is 10.0. The number of likely N-dealkylation sites (N-methyl/N-ethyl adjacent to an activating group) is 1. The first-order valence-corrected chi connectivity index (χ1v) is 6.29. The summed E-state index contributed by atoms with van der Waals surface area (Å²) < 4.78 is 0. The SMILES string of the molecule is CCNC(CCN1CC(C)C(C)C1)C(N)=O. The first kappa shape index (κ1) is 13.5. The lowest BCUT2D eigenvalue weighted by molar-refractivity contribution is -0.120. The molecule has 1 heterocycles. The quantitative estimate of drug-likeness (QED) is 0.692. The highest BCUT2D eigenvalue weighted by Gasteiger charge is 2.26. The topological polar surface area (TPSA) is 58.4 Å². The zero-order chi connectivity index (χ0) is 12.1. The van der Waals surface area contributed by atoms with Crippen molar-refractivity contribution >= 4 is 5.91 Å². The summed E-state index contributed by atoms with van der Waals surface area (Å²) in [5, 5.41) is 3.13. The second kappa shape index (κ2) is 6.21. The third-order valence-electron chi connectivity index (χ3n) is 3.59. The number of hydrogen-bond acceptors (Lipinski definition) is 3. The number of carbonyl (C=O) groups is 1. The van der Waals surface area contributed by atoms with Crippen LogP contribution >= 0.6 is 0 Å². The van der Waals surface area contributed by atoms with Gasteiger partial charge in [0.1, 0.15) is 0 Å². The number of nitrogens with one attached hydrogen (secondary N) is 1. The van der Waals surface area contributed by atoms with Gasteiger partial charge in [0.05, 0.1) is 6.04 Å². The minimum absolute atomic E-state index is 0.170. The number of primary amides is 1. The summed E-state index contributed by atoms with van der Waals surface area (Å²) in [4.78, 5) is 13.6. The molecule has 3 atom stereocenters. The highest BCUT2D eigenvalue weighted by molar-refractivity contribution is 5.79. The summed E-state index contributed by atoms with van der Waals surface area (Å²) in [6.45, 7) is 10.6. The molecular formula is C12H25N3O. The van der Waals surface area contributed by atoms with Crippen molar-refractivity contribution in [3.63, 3.8) is 0 Å². The third kappa shape index (κ3) is 3.76. The van der Waals surface area contributed by atoms with Crippen molar-refractivity contribution in [2.75, 3.05) is 26.2 Å². The van der Waals surface area contributed by atoms with E-state index >= 15 is 0 Å². The zero-order valence-electron chi connectivity index (χ0n) is 10.7. The molecule has 0 bridgehead atoms. The average molecular weight is 227 g/mol. The van der Waals surface area contributed by atoms with Crippen LogP contribution in [0.2, 0.25) is 0 Å². The van der Waals surface area contributed by atoms with Crippen LogP contribution in [0, 0.1) is 11.8 Å². The van der Waals surface area contributed by atoms with Gasteiger partial charge in [-0.15, -0.1) is 0 Å². The maximum Gasteiger partial charge on any atom is 0.234 e. The van der Waals surface area contributed by atoms with Gasteiger partial charge in [0, 0.05) is 19.6 Å². The van der Waals surface area contributed by atoms with Gasteiger partial charge < -0.3 is 16.0 Å². The standard InChI is InChI=1S/C12H25N3O/c1-4-14-11(12(13)16)5-6-15-7-9(2)10(3)8-15/h9-11,14H,4-8H2,1-3H3,(H2,13,16). The van der Waals surface area contributed by atoms with Crippen molar-refractivity contribution in [3.8, 4) is 0 Å². The second-order valence-electron chi connectivity index (χ2n) is 5.02. The molecular weight excluding hydrogens is 202 g/mol. The Morgan fingerprint density at radius 3 is 2.44 bits per heavy atom. The molecule has 0 spiro atoms. The predicted molar refractivity (Wildman–Crippen MR) is 66.0 cm³/mol. The summed E-state index contributed by atoms with van der Waals surface area (Å²) in [5.41, 5.74) is 5.34. The van der Waals surface area contributed by atoms with Crippen LogP contribution in [0.5, 0.6) is 0 Å². The van der Waals surface area contributed by atoms with Crippen molar-refractivity contribution in [2.45, 2.75) is 33.2 Å². The van der Waals surface area contributed by atoms with Crippen LogP contribution in [0.1, 0.15) is 27.2 Å². The molecule has 0 aromatic heterocycles. The van der Waals surface area contributed by atoms with E-state index in [0.717, 1.165) is 44.4 Å². The predicted octanol–water partition coefficient (Wildman–Crippen LogP) is 0.428. The summed E-state index contributed by atoms with van der Waals surface area (Å²) in [7, 11) is 0. The molecule has 94 valence electrons. The Hall–Kier alpha value is -0.610. The minimum Gasteiger partial charge on any atom is -0.368 e. The van der Waals surface area contributed by atoms with Crippen LogP contribution in [-0.4, -0.2) is 43.0 Å². The van der Waals surface area contributed by atoms with E-state index in [2.05, 4.69) is 24.1 Å². The molecule has 1 saturated heterocycles. The van der Waals surface area contributed by atoms with Gasteiger partial charge in [-0.2, -0.15) is 0 Å². The van der Waals surface area contributed by atoms with Gasteiger partial charge in [-0.3, -0.25) is 4.79 Å². The van der Waals surface area contributed by atoms with Crippen molar-refractivity contribution in [1.82, 2.24) is 10.2 Å². The van der Waals surface area contributed by atoms with Gasteiger partial charge in [-0.05, 0) is 24.8 Å². The molecule has 1 aliphatic rings. The highest BCUT2D eigenvalue weighted by Crippen LogP contribution is 2.22. The van der Waals surface area contributed by atoms with E-state index < -0.39 is 0 Å². The maximum absolute atomic E-state index is 11.2. The molecule has 0 aromatic rings. The largest absolute Gasteiger partial charge is 0.368 e. The number of nitrogens with two attached hydrogens (primary N) is 1. The monoisotopic (exact) mass is 227 g/mol. The van der Waals surface area contributed by atoms with E-state index in [0.29, 0.717) is 0 Å². The zero-order valence-corrected chi connectivity index (χ0v) is 10.7. The Bertz CT molecular complexity index is 222. The van der Waals surface area contributed by atoms with Crippen LogP contribution in [-0.2, 0) is 4.79 Å². The number of likely N-dealkylation sites (tertiary alicyclic amines) is 1. The Morgan fingerprint density at radius 2 is 2.00 bits per heavy atom. The molecule has 4 heteroatoms. The van der Waals surface area contributed by atoms with E-state index in [1.54, 1.807) is 0 Å². The molecule has 4 nitrogen and oxygen atoms in total. The fraction of sp³-hybridized carbons (Fsp3) is 0.917. The Morgan fingerprint density at radius 1 is 1.44 bits per heavy atom. The molecule has 3 N–H and O–H groups in total.